The number of aliphatic hydroxyl groups excluding tert-OH is 1. The van der Waals surface area contributed by atoms with Crippen molar-refractivity contribution in [1.82, 2.24) is 0 Å². The van der Waals surface area contributed by atoms with Gasteiger partial charge in [-0.25, -0.2) is 0 Å². The zero-order chi connectivity index (χ0) is 12.9. The van der Waals surface area contributed by atoms with Gasteiger partial charge >= 0.3 is 0 Å². The van der Waals surface area contributed by atoms with Crippen LogP contribution in [0.15, 0.2) is 30.3 Å². The molecule has 0 aliphatic rings. The van der Waals surface area contributed by atoms with Crippen molar-refractivity contribution < 1.29 is 5.11 Å². The van der Waals surface area contributed by atoms with Crippen LogP contribution in [0.2, 0.25) is 0 Å². The number of benzene rings is 1. The molecule has 0 unspecified atom stereocenters. The molecular weight excluding hydrogens is 220 g/mol. The van der Waals surface area contributed by atoms with Gasteiger partial charge in [0.25, 0.3) is 0 Å². The lowest BCUT2D eigenvalue weighted by atomic mass is 10.1. The molecule has 0 aliphatic heterocycles. The average Bonchev–Trinajstić information content (AvgIpc) is 2.42. The molecule has 1 aromatic rings. The monoisotopic (exact) mass is 244 g/mol. The van der Waals surface area contributed by atoms with E-state index in [1.54, 1.807) is 0 Å². The minimum absolute atomic E-state index is 0.342. The first kappa shape index (κ1) is 14.8. The van der Waals surface area contributed by atoms with Gasteiger partial charge in [-0.3, -0.25) is 0 Å². The van der Waals surface area contributed by atoms with Crippen LogP contribution in [-0.4, -0.2) is 11.7 Å². The summed E-state index contributed by atoms with van der Waals surface area (Å²) in [6, 6.07) is 10.2. The first-order chi connectivity index (χ1) is 8.93. The van der Waals surface area contributed by atoms with Crippen LogP contribution in [0.4, 0.5) is 0 Å². The summed E-state index contributed by atoms with van der Waals surface area (Å²) >= 11 is 0. The van der Waals surface area contributed by atoms with Gasteiger partial charge in [0.05, 0.1) is 0 Å². The van der Waals surface area contributed by atoms with E-state index in [1.807, 2.05) is 30.3 Å². The van der Waals surface area contributed by atoms with E-state index in [0.717, 1.165) is 18.4 Å². The molecule has 0 heterocycles. The molecule has 18 heavy (non-hydrogen) atoms. The maximum absolute atomic E-state index is 8.64. The van der Waals surface area contributed by atoms with Gasteiger partial charge in [-0.05, 0) is 25.0 Å². The Bertz CT molecular complexity index is 345. The van der Waals surface area contributed by atoms with Gasteiger partial charge in [-0.15, -0.1) is 0 Å². The lowest BCUT2D eigenvalue weighted by Gasteiger charge is -1.98. The number of hydrogen-bond donors (Lipinski definition) is 1. The van der Waals surface area contributed by atoms with E-state index >= 15 is 0 Å². The Morgan fingerprint density at radius 3 is 2.06 bits per heavy atom. The smallest absolute Gasteiger partial charge is 0.0431 e. The summed E-state index contributed by atoms with van der Waals surface area (Å²) in [6.07, 6.45) is 9.49. The van der Waals surface area contributed by atoms with Crippen LogP contribution >= 0.6 is 0 Å². The molecule has 0 aliphatic carbocycles. The van der Waals surface area contributed by atoms with Crippen molar-refractivity contribution in [2.75, 3.05) is 6.61 Å². The molecule has 0 atom stereocenters. The SMILES string of the molecule is OCCCCCCCCCC#Cc1ccccc1. The van der Waals surface area contributed by atoms with E-state index in [2.05, 4.69) is 11.8 Å². The summed E-state index contributed by atoms with van der Waals surface area (Å²) in [5.74, 6) is 6.42. The fraction of sp³-hybridized carbons (Fsp3) is 0.529. The molecule has 1 heteroatoms. The van der Waals surface area contributed by atoms with Crippen LogP contribution in [0, 0.1) is 11.8 Å². The Kier molecular flexibility index (Phi) is 8.93. The largest absolute Gasteiger partial charge is 0.396 e. The zero-order valence-corrected chi connectivity index (χ0v) is 11.2. The number of rotatable bonds is 8. The third kappa shape index (κ3) is 7.92. The van der Waals surface area contributed by atoms with Crippen molar-refractivity contribution in [3.63, 3.8) is 0 Å². The van der Waals surface area contributed by atoms with Crippen molar-refractivity contribution in [3.8, 4) is 11.8 Å². The summed E-state index contributed by atoms with van der Waals surface area (Å²) in [4.78, 5) is 0. The number of aliphatic hydroxyl groups is 1. The molecule has 0 fully saturated rings. The summed E-state index contributed by atoms with van der Waals surface area (Å²) in [7, 11) is 0. The van der Waals surface area contributed by atoms with Crippen molar-refractivity contribution in [3.05, 3.63) is 35.9 Å². The van der Waals surface area contributed by atoms with Crippen LogP contribution in [0.1, 0.15) is 56.9 Å². The zero-order valence-electron chi connectivity index (χ0n) is 11.2. The lowest BCUT2D eigenvalue weighted by molar-refractivity contribution is 0.282. The predicted molar refractivity (Wildman–Crippen MR) is 77.3 cm³/mol. The van der Waals surface area contributed by atoms with Crippen LogP contribution in [-0.2, 0) is 0 Å². The molecule has 1 rings (SSSR count). The molecule has 0 radical (unpaired) electrons. The molecule has 1 aromatic carbocycles. The highest BCUT2D eigenvalue weighted by Crippen LogP contribution is 2.08. The third-order valence-electron chi connectivity index (χ3n) is 2.97. The number of hydrogen-bond acceptors (Lipinski definition) is 1. The third-order valence-corrected chi connectivity index (χ3v) is 2.97. The lowest BCUT2D eigenvalue weighted by Crippen LogP contribution is -1.84. The normalized spacial score (nSPS) is 9.83. The fourth-order valence-corrected chi connectivity index (χ4v) is 1.90. The summed E-state index contributed by atoms with van der Waals surface area (Å²) in [5.41, 5.74) is 1.11. The van der Waals surface area contributed by atoms with E-state index in [0.29, 0.717) is 6.61 Å². The van der Waals surface area contributed by atoms with Crippen LogP contribution < -0.4 is 0 Å². The molecule has 0 saturated heterocycles. The van der Waals surface area contributed by atoms with Gasteiger partial charge in [0.2, 0.25) is 0 Å². The Morgan fingerprint density at radius 1 is 0.778 bits per heavy atom. The first-order valence-electron chi connectivity index (χ1n) is 7.08. The highest BCUT2D eigenvalue weighted by Gasteiger charge is 1.90. The highest BCUT2D eigenvalue weighted by atomic mass is 16.2. The van der Waals surface area contributed by atoms with Gasteiger partial charge in [-0.2, -0.15) is 0 Å². The molecule has 0 spiro atoms. The summed E-state index contributed by atoms with van der Waals surface area (Å²) < 4.78 is 0. The second kappa shape index (κ2) is 10.9. The Morgan fingerprint density at radius 2 is 1.39 bits per heavy atom. The van der Waals surface area contributed by atoms with Crippen LogP contribution in [0.5, 0.6) is 0 Å². The summed E-state index contributed by atoms with van der Waals surface area (Å²) in [6.45, 7) is 0.342. The van der Waals surface area contributed by atoms with Crippen LogP contribution in [0.3, 0.4) is 0 Å². The second-order valence-electron chi connectivity index (χ2n) is 4.62. The van der Waals surface area contributed by atoms with Crippen LogP contribution in [0.25, 0.3) is 0 Å². The van der Waals surface area contributed by atoms with Gasteiger partial charge in [0, 0.05) is 18.6 Å². The van der Waals surface area contributed by atoms with Crippen molar-refractivity contribution >= 4 is 0 Å². The van der Waals surface area contributed by atoms with E-state index < -0.39 is 0 Å². The first-order valence-corrected chi connectivity index (χ1v) is 7.08. The predicted octanol–water partition coefficient (Wildman–Crippen LogP) is 4.15. The molecule has 98 valence electrons. The quantitative estimate of drug-likeness (QED) is 0.538. The molecule has 1 N–H and O–H groups in total. The Hall–Kier alpha value is -1.26. The molecular formula is C17H24O. The summed E-state index contributed by atoms with van der Waals surface area (Å²) in [5, 5.41) is 8.64. The van der Waals surface area contributed by atoms with Crippen molar-refractivity contribution in [1.29, 1.82) is 0 Å². The van der Waals surface area contributed by atoms with E-state index in [-0.39, 0.29) is 0 Å². The second-order valence-corrected chi connectivity index (χ2v) is 4.62. The topological polar surface area (TPSA) is 20.2 Å². The molecule has 0 bridgehead atoms. The van der Waals surface area contributed by atoms with Crippen molar-refractivity contribution in [2.24, 2.45) is 0 Å². The molecule has 0 saturated carbocycles. The minimum Gasteiger partial charge on any atom is -0.396 e. The molecule has 1 nitrogen and oxygen atoms in total. The van der Waals surface area contributed by atoms with Gasteiger partial charge in [0.15, 0.2) is 0 Å². The van der Waals surface area contributed by atoms with E-state index in [1.165, 1.54) is 38.5 Å². The fourth-order valence-electron chi connectivity index (χ4n) is 1.90. The van der Waals surface area contributed by atoms with Gasteiger partial charge < -0.3 is 5.11 Å². The minimum atomic E-state index is 0.342. The van der Waals surface area contributed by atoms with E-state index in [4.69, 9.17) is 5.11 Å². The average molecular weight is 244 g/mol. The van der Waals surface area contributed by atoms with E-state index in [9.17, 15) is 0 Å². The Balaban J connectivity index is 1.94. The molecule has 0 amide bonds. The van der Waals surface area contributed by atoms with Gasteiger partial charge in [0.1, 0.15) is 0 Å². The Labute approximate surface area is 111 Å². The maximum Gasteiger partial charge on any atom is 0.0431 e. The van der Waals surface area contributed by atoms with Crippen molar-refractivity contribution in [2.45, 2.75) is 51.4 Å². The highest BCUT2D eigenvalue weighted by molar-refractivity contribution is 5.33. The standard InChI is InChI=1S/C17H24O/c18-16-12-7-5-3-1-2-4-6-9-13-17-14-10-8-11-15-17/h8,10-11,14-15,18H,1-7,12,16H2. The maximum atomic E-state index is 8.64. The molecule has 0 aromatic heterocycles. The van der Waals surface area contributed by atoms with Gasteiger partial charge in [-0.1, -0.05) is 62.1 Å². The number of unbranched alkanes of at least 4 members (excludes halogenated alkanes) is 7.